The summed E-state index contributed by atoms with van der Waals surface area (Å²) >= 11 is 30.4. The average molecular weight is 356 g/mol. The van der Waals surface area contributed by atoms with Crippen LogP contribution in [0.3, 0.4) is 0 Å². The van der Waals surface area contributed by atoms with Crippen LogP contribution in [-0.4, -0.2) is 7.11 Å². The highest BCUT2D eigenvalue weighted by Crippen LogP contribution is 2.48. The Bertz CT molecular complexity index is 593. The van der Waals surface area contributed by atoms with Gasteiger partial charge >= 0.3 is 0 Å². The van der Waals surface area contributed by atoms with Crippen LogP contribution in [0.2, 0.25) is 25.1 Å². The number of methoxy groups -OCH3 is 1. The van der Waals surface area contributed by atoms with Crippen LogP contribution in [0.25, 0.3) is 11.1 Å². The Hall–Kier alpha value is -0.310. The van der Waals surface area contributed by atoms with Gasteiger partial charge in [-0.05, 0) is 17.7 Å². The molecule has 0 aromatic heterocycles. The molecule has 2 aromatic carbocycles. The molecule has 100 valence electrons. The zero-order chi connectivity index (χ0) is 14.2. The second-order valence-electron chi connectivity index (χ2n) is 3.67. The summed E-state index contributed by atoms with van der Waals surface area (Å²) in [4.78, 5) is 0. The molecule has 0 fully saturated rings. The monoisotopic (exact) mass is 354 g/mol. The van der Waals surface area contributed by atoms with Crippen molar-refractivity contribution in [3.8, 4) is 16.9 Å². The first-order valence-corrected chi connectivity index (χ1v) is 7.02. The first-order chi connectivity index (χ1) is 8.97. The summed E-state index contributed by atoms with van der Waals surface area (Å²) in [6.07, 6.45) is 0. The van der Waals surface area contributed by atoms with E-state index in [1.807, 2.05) is 12.1 Å². The molecule has 0 atom stereocenters. The fourth-order valence-corrected chi connectivity index (χ4v) is 2.97. The number of hydrogen-bond acceptors (Lipinski definition) is 1. The predicted molar refractivity (Wildman–Crippen MR) is 83.5 cm³/mol. The molecule has 0 spiro atoms. The van der Waals surface area contributed by atoms with E-state index in [4.69, 9.17) is 62.7 Å². The van der Waals surface area contributed by atoms with Gasteiger partial charge in [0.2, 0.25) is 0 Å². The molecule has 0 N–H and O–H groups in total. The largest absolute Gasteiger partial charge is 0.497 e. The molecule has 0 saturated heterocycles. The van der Waals surface area contributed by atoms with Crippen LogP contribution in [0, 0.1) is 0 Å². The summed E-state index contributed by atoms with van der Waals surface area (Å²) in [6.45, 7) is 0. The van der Waals surface area contributed by atoms with Crippen LogP contribution in [0.1, 0.15) is 0 Å². The van der Waals surface area contributed by atoms with E-state index in [0.29, 0.717) is 5.56 Å². The Kier molecular flexibility index (Phi) is 4.75. The van der Waals surface area contributed by atoms with E-state index >= 15 is 0 Å². The first kappa shape index (κ1) is 15.1. The summed E-state index contributed by atoms with van der Waals surface area (Å²) in [5, 5.41) is 1.06. The third kappa shape index (κ3) is 2.76. The van der Waals surface area contributed by atoms with E-state index in [1.165, 1.54) is 0 Å². The molecule has 0 amide bonds. The van der Waals surface area contributed by atoms with Crippen molar-refractivity contribution in [2.75, 3.05) is 7.11 Å². The van der Waals surface area contributed by atoms with Gasteiger partial charge in [-0.15, -0.1) is 0 Å². The minimum Gasteiger partial charge on any atom is -0.497 e. The van der Waals surface area contributed by atoms with Gasteiger partial charge in [-0.1, -0.05) is 70.1 Å². The van der Waals surface area contributed by atoms with Gasteiger partial charge in [0.1, 0.15) is 5.75 Å². The minimum absolute atomic E-state index is 0.149. The Morgan fingerprint density at radius 3 is 1.53 bits per heavy atom. The van der Waals surface area contributed by atoms with E-state index in [9.17, 15) is 0 Å². The van der Waals surface area contributed by atoms with Crippen molar-refractivity contribution in [3.63, 3.8) is 0 Å². The van der Waals surface area contributed by atoms with Crippen molar-refractivity contribution in [2.24, 2.45) is 0 Å². The Labute approximate surface area is 135 Å². The predicted octanol–water partition coefficient (Wildman–Crippen LogP) is 6.63. The van der Waals surface area contributed by atoms with E-state index in [1.54, 1.807) is 19.2 Å². The average Bonchev–Trinajstić information content (AvgIpc) is 2.44. The van der Waals surface area contributed by atoms with Crippen molar-refractivity contribution in [1.82, 2.24) is 0 Å². The van der Waals surface area contributed by atoms with Crippen molar-refractivity contribution in [3.05, 3.63) is 49.4 Å². The van der Waals surface area contributed by atoms with Crippen LogP contribution >= 0.6 is 58.0 Å². The molecular weight excluding hydrogens is 349 g/mol. The lowest BCUT2D eigenvalue weighted by molar-refractivity contribution is 0.415. The van der Waals surface area contributed by atoms with Gasteiger partial charge in [0.15, 0.2) is 0 Å². The van der Waals surface area contributed by atoms with Crippen molar-refractivity contribution < 1.29 is 4.74 Å². The van der Waals surface area contributed by atoms with Crippen LogP contribution in [0.5, 0.6) is 5.75 Å². The molecule has 0 aliphatic heterocycles. The Balaban J connectivity index is 2.67. The molecule has 0 aliphatic carbocycles. The maximum absolute atomic E-state index is 6.19. The molecule has 1 nitrogen and oxygen atoms in total. The number of hydrogen-bond donors (Lipinski definition) is 0. The van der Waals surface area contributed by atoms with E-state index in [0.717, 1.165) is 11.3 Å². The Morgan fingerprint density at radius 2 is 1.11 bits per heavy atom. The summed E-state index contributed by atoms with van der Waals surface area (Å²) in [6, 6.07) is 7.20. The van der Waals surface area contributed by atoms with Crippen molar-refractivity contribution in [2.45, 2.75) is 0 Å². The van der Waals surface area contributed by atoms with E-state index < -0.39 is 0 Å². The van der Waals surface area contributed by atoms with Crippen molar-refractivity contribution in [1.29, 1.82) is 0 Å². The van der Waals surface area contributed by atoms with Crippen LogP contribution in [-0.2, 0) is 0 Å². The summed E-state index contributed by atoms with van der Waals surface area (Å²) < 4.78 is 5.09. The maximum Gasteiger partial charge on any atom is 0.118 e. The fraction of sp³-hybridized carbons (Fsp3) is 0.0769. The highest BCUT2D eigenvalue weighted by Gasteiger charge is 2.20. The second kappa shape index (κ2) is 5.99. The second-order valence-corrected chi connectivity index (χ2v) is 5.56. The fourth-order valence-electron chi connectivity index (χ4n) is 1.62. The highest BCUT2D eigenvalue weighted by atomic mass is 35.5. The van der Waals surface area contributed by atoms with Gasteiger partial charge in [0, 0.05) is 5.56 Å². The summed E-state index contributed by atoms with van der Waals surface area (Å²) in [7, 11) is 1.59. The van der Waals surface area contributed by atoms with Crippen LogP contribution in [0.15, 0.2) is 24.3 Å². The van der Waals surface area contributed by atoms with E-state index in [-0.39, 0.29) is 25.1 Å². The quantitative estimate of drug-likeness (QED) is 0.433. The summed E-state index contributed by atoms with van der Waals surface area (Å²) in [5.74, 6) is 0.724. The molecule has 0 aliphatic rings. The zero-order valence-electron chi connectivity index (χ0n) is 9.61. The molecule has 0 bridgehead atoms. The molecule has 0 unspecified atom stereocenters. The third-order valence-corrected chi connectivity index (χ3v) is 4.87. The number of halogens is 5. The molecular formula is C13H7Cl5O. The van der Waals surface area contributed by atoms with Crippen LogP contribution in [0.4, 0.5) is 0 Å². The van der Waals surface area contributed by atoms with Gasteiger partial charge in [0.25, 0.3) is 0 Å². The van der Waals surface area contributed by atoms with Gasteiger partial charge in [-0.2, -0.15) is 0 Å². The number of ether oxygens (including phenoxy) is 1. The van der Waals surface area contributed by atoms with Gasteiger partial charge in [0.05, 0.1) is 32.2 Å². The lowest BCUT2D eigenvalue weighted by Crippen LogP contribution is -1.87. The molecule has 2 rings (SSSR count). The summed E-state index contributed by atoms with van der Waals surface area (Å²) in [5.41, 5.74) is 1.32. The number of benzene rings is 2. The van der Waals surface area contributed by atoms with Crippen molar-refractivity contribution >= 4 is 58.0 Å². The SMILES string of the molecule is COc1ccc(-c2c(Cl)c(Cl)c(Cl)c(Cl)c2Cl)cc1. The highest BCUT2D eigenvalue weighted by molar-refractivity contribution is 6.56. The molecule has 6 heteroatoms. The molecule has 19 heavy (non-hydrogen) atoms. The van der Waals surface area contributed by atoms with Gasteiger partial charge in [-0.25, -0.2) is 0 Å². The standard InChI is InChI=1S/C13H7Cl5O/c1-19-7-4-2-6(3-5-7)8-9(14)11(16)13(18)12(17)10(8)15/h2-5H,1H3. The Morgan fingerprint density at radius 1 is 0.684 bits per heavy atom. The number of rotatable bonds is 2. The first-order valence-electron chi connectivity index (χ1n) is 5.13. The zero-order valence-corrected chi connectivity index (χ0v) is 13.4. The lowest BCUT2D eigenvalue weighted by atomic mass is 10.1. The molecule has 2 aromatic rings. The molecule has 0 heterocycles. The lowest BCUT2D eigenvalue weighted by Gasteiger charge is -2.13. The van der Waals surface area contributed by atoms with Gasteiger partial charge < -0.3 is 4.74 Å². The maximum atomic E-state index is 6.19. The third-order valence-electron chi connectivity index (χ3n) is 2.59. The van der Waals surface area contributed by atoms with E-state index in [2.05, 4.69) is 0 Å². The van der Waals surface area contributed by atoms with Crippen LogP contribution < -0.4 is 4.74 Å². The van der Waals surface area contributed by atoms with Gasteiger partial charge in [-0.3, -0.25) is 0 Å². The smallest absolute Gasteiger partial charge is 0.118 e. The normalized spacial score (nSPS) is 10.6. The topological polar surface area (TPSA) is 9.23 Å². The molecule has 0 saturated carbocycles. The molecule has 0 radical (unpaired) electrons. The minimum atomic E-state index is 0.149.